The van der Waals surface area contributed by atoms with Gasteiger partial charge in [-0.2, -0.15) is 0 Å². The monoisotopic (exact) mass is 388 g/mol. The number of aliphatic hydroxyl groups is 2. The van der Waals surface area contributed by atoms with Crippen LogP contribution in [0.1, 0.15) is 33.6 Å². The molecule has 0 aliphatic heterocycles. The lowest BCUT2D eigenvalue weighted by atomic mass is 9.87. The van der Waals surface area contributed by atoms with E-state index in [2.05, 4.69) is 10.6 Å². The van der Waals surface area contributed by atoms with Crippen LogP contribution in [0, 0.1) is 5.41 Å². The summed E-state index contributed by atoms with van der Waals surface area (Å²) in [5.74, 6) is -0.858. The van der Waals surface area contributed by atoms with E-state index in [4.69, 9.17) is 5.11 Å². The minimum absolute atomic E-state index is 0.0242. The molecule has 148 valence electrons. The fourth-order valence-electron chi connectivity index (χ4n) is 1.72. The van der Waals surface area contributed by atoms with E-state index in [-0.39, 0.29) is 49.3 Å². The highest BCUT2D eigenvalue weighted by Gasteiger charge is 2.32. The molecule has 0 spiro atoms. The normalized spacial score (nSPS) is 12.7. The van der Waals surface area contributed by atoms with Gasteiger partial charge in [0.25, 0.3) is 0 Å². The molecule has 0 heterocycles. The summed E-state index contributed by atoms with van der Waals surface area (Å²) in [6, 6.07) is 0. The van der Waals surface area contributed by atoms with E-state index >= 15 is 0 Å². The lowest BCUT2D eigenvalue weighted by molar-refractivity contribution is -0.137. The van der Waals surface area contributed by atoms with Crippen molar-refractivity contribution in [2.75, 3.05) is 25.4 Å². The summed E-state index contributed by atoms with van der Waals surface area (Å²) >= 11 is 0.976. The van der Waals surface area contributed by atoms with Crippen LogP contribution in [0.5, 0.6) is 0 Å². The van der Waals surface area contributed by atoms with E-state index in [1.54, 1.807) is 26.8 Å². The third-order valence-electron chi connectivity index (χ3n) is 3.41. The molecule has 0 aromatic carbocycles. The molecule has 0 rings (SSSR count). The highest BCUT2D eigenvalue weighted by molar-refractivity contribution is 8.13. The van der Waals surface area contributed by atoms with Crippen LogP contribution in [0.25, 0.3) is 0 Å². The van der Waals surface area contributed by atoms with Gasteiger partial charge in [0.2, 0.25) is 11.8 Å². The molecule has 0 saturated heterocycles. The Morgan fingerprint density at radius 3 is 2.38 bits per heavy atom. The highest BCUT2D eigenvalue weighted by atomic mass is 32.2. The first-order valence-corrected chi connectivity index (χ1v) is 9.27. The molecular formula is C17H28N2O6S. The van der Waals surface area contributed by atoms with Crippen LogP contribution in [0.15, 0.2) is 12.2 Å². The van der Waals surface area contributed by atoms with Gasteiger partial charge in [0.05, 0.1) is 13.0 Å². The zero-order valence-electron chi connectivity index (χ0n) is 15.4. The first-order valence-electron chi connectivity index (χ1n) is 8.28. The molecule has 0 fully saturated rings. The summed E-state index contributed by atoms with van der Waals surface area (Å²) < 4.78 is 0. The minimum atomic E-state index is -1.37. The molecule has 0 aromatic heterocycles. The number of carbonyl (C=O) groups is 4. The molecule has 0 bridgehead atoms. The number of carbonyl (C=O) groups excluding carboxylic acids is 4. The van der Waals surface area contributed by atoms with Crippen molar-refractivity contribution in [2.24, 2.45) is 5.41 Å². The SMILES string of the molecule is C/C=C/C(=O)CC(=O)SCCNC(=O)CCNC(=O)[C@H](O)C(C)(C)CO. The van der Waals surface area contributed by atoms with Crippen LogP contribution in [0.4, 0.5) is 0 Å². The van der Waals surface area contributed by atoms with Gasteiger partial charge < -0.3 is 20.8 Å². The van der Waals surface area contributed by atoms with Crippen LogP contribution in [0.3, 0.4) is 0 Å². The third kappa shape index (κ3) is 10.3. The third-order valence-corrected chi connectivity index (χ3v) is 4.28. The zero-order chi connectivity index (χ0) is 20.2. The zero-order valence-corrected chi connectivity index (χ0v) is 16.2. The molecule has 0 aliphatic carbocycles. The Bertz CT molecular complexity index is 533. The van der Waals surface area contributed by atoms with Crippen molar-refractivity contribution in [1.29, 1.82) is 0 Å². The van der Waals surface area contributed by atoms with Gasteiger partial charge in [0.1, 0.15) is 6.10 Å². The quantitative estimate of drug-likeness (QED) is 0.206. The smallest absolute Gasteiger partial charge is 0.249 e. The van der Waals surface area contributed by atoms with Crippen LogP contribution in [-0.2, 0) is 19.2 Å². The van der Waals surface area contributed by atoms with Crippen molar-refractivity contribution in [2.45, 2.75) is 39.7 Å². The van der Waals surface area contributed by atoms with Gasteiger partial charge in [-0.25, -0.2) is 0 Å². The summed E-state index contributed by atoms with van der Waals surface area (Å²) in [7, 11) is 0. The Hall–Kier alpha value is -1.71. The van der Waals surface area contributed by atoms with Crippen molar-refractivity contribution >= 4 is 34.5 Å². The van der Waals surface area contributed by atoms with E-state index < -0.39 is 17.4 Å². The summed E-state index contributed by atoms with van der Waals surface area (Å²) in [6.45, 7) is 4.76. The molecule has 26 heavy (non-hydrogen) atoms. The van der Waals surface area contributed by atoms with Gasteiger partial charge in [0, 0.05) is 30.7 Å². The van der Waals surface area contributed by atoms with E-state index in [0.717, 1.165) is 11.8 Å². The predicted octanol–water partition coefficient (Wildman–Crippen LogP) is -0.217. The molecular weight excluding hydrogens is 360 g/mol. The number of nitrogens with one attached hydrogen (secondary N) is 2. The number of rotatable bonds is 12. The second-order valence-electron chi connectivity index (χ2n) is 6.30. The maximum absolute atomic E-state index is 11.7. The summed E-state index contributed by atoms with van der Waals surface area (Å²) in [5.41, 5.74) is -0.968. The lowest BCUT2D eigenvalue weighted by Crippen LogP contribution is -2.46. The van der Waals surface area contributed by atoms with Crippen LogP contribution in [0.2, 0.25) is 0 Å². The van der Waals surface area contributed by atoms with Crippen LogP contribution in [-0.4, -0.2) is 64.5 Å². The number of allylic oxidation sites excluding steroid dienone is 2. The standard InChI is InChI=1S/C17H28N2O6S/c1-4-5-12(21)10-14(23)26-9-8-18-13(22)6-7-19-16(25)15(24)17(2,3)11-20/h4-5,15,20,24H,6-11H2,1-3H3,(H,18,22)(H,19,25)/b5-4+/t15-/m0/s1. The van der Waals surface area contributed by atoms with Gasteiger partial charge in [-0.05, 0) is 13.0 Å². The molecule has 0 radical (unpaired) electrons. The highest BCUT2D eigenvalue weighted by Crippen LogP contribution is 2.19. The Morgan fingerprint density at radius 2 is 1.81 bits per heavy atom. The van der Waals surface area contributed by atoms with E-state index in [1.165, 1.54) is 6.08 Å². The first kappa shape index (κ1) is 24.3. The number of ketones is 1. The fraction of sp³-hybridized carbons (Fsp3) is 0.647. The van der Waals surface area contributed by atoms with Crippen molar-refractivity contribution in [3.8, 4) is 0 Å². The second kappa shape index (κ2) is 12.6. The van der Waals surface area contributed by atoms with Gasteiger partial charge >= 0.3 is 0 Å². The molecule has 4 N–H and O–H groups in total. The van der Waals surface area contributed by atoms with E-state index in [1.807, 2.05) is 0 Å². The Balaban J connectivity index is 3.89. The summed E-state index contributed by atoms with van der Waals surface area (Å²) in [6.07, 6.45) is 1.40. The van der Waals surface area contributed by atoms with Crippen molar-refractivity contribution in [3.63, 3.8) is 0 Å². The molecule has 0 unspecified atom stereocenters. The fourth-order valence-corrected chi connectivity index (χ4v) is 2.40. The number of hydrogen-bond acceptors (Lipinski definition) is 7. The Labute approximate surface area is 157 Å². The lowest BCUT2D eigenvalue weighted by Gasteiger charge is -2.27. The van der Waals surface area contributed by atoms with Crippen molar-refractivity contribution in [1.82, 2.24) is 10.6 Å². The number of thioether (sulfide) groups is 1. The second-order valence-corrected chi connectivity index (χ2v) is 7.46. The molecule has 0 saturated carbocycles. The molecule has 0 aliphatic rings. The van der Waals surface area contributed by atoms with Gasteiger partial charge in [0.15, 0.2) is 10.9 Å². The Morgan fingerprint density at radius 1 is 1.15 bits per heavy atom. The molecule has 0 aromatic rings. The Kier molecular flexibility index (Phi) is 11.8. The first-order chi connectivity index (χ1) is 12.1. The van der Waals surface area contributed by atoms with Gasteiger partial charge in [-0.3, -0.25) is 19.2 Å². The van der Waals surface area contributed by atoms with Gasteiger partial charge in [-0.1, -0.05) is 31.7 Å². The molecule has 2 amide bonds. The predicted molar refractivity (Wildman–Crippen MR) is 99.4 cm³/mol. The average Bonchev–Trinajstić information content (AvgIpc) is 2.58. The number of hydrogen-bond donors (Lipinski definition) is 4. The topological polar surface area (TPSA) is 133 Å². The van der Waals surface area contributed by atoms with Crippen molar-refractivity contribution in [3.05, 3.63) is 12.2 Å². The van der Waals surface area contributed by atoms with Crippen molar-refractivity contribution < 1.29 is 29.4 Å². The summed E-state index contributed by atoms with van der Waals surface area (Å²) in [4.78, 5) is 46.1. The minimum Gasteiger partial charge on any atom is -0.396 e. The van der Waals surface area contributed by atoms with Crippen LogP contribution >= 0.6 is 11.8 Å². The largest absolute Gasteiger partial charge is 0.396 e. The number of amides is 2. The molecule has 1 atom stereocenters. The van der Waals surface area contributed by atoms with Crippen LogP contribution < -0.4 is 10.6 Å². The maximum Gasteiger partial charge on any atom is 0.249 e. The maximum atomic E-state index is 11.7. The van der Waals surface area contributed by atoms with E-state index in [9.17, 15) is 24.3 Å². The van der Waals surface area contributed by atoms with E-state index in [0.29, 0.717) is 5.75 Å². The average molecular weight is 388 g/mol. The molecule has 9 heteroatoms. The number of aliphatic hydroxyl groups excluding tert-OH is 2. The molecule has 8 nitrogen and oxygen atoms in total. The summed E-state index contributed by atoms with van der Waals surface area (Å²) in [5, 5.41) is 23.7. The van der Waals surface area contributed by atoms with Gasteiger partial charge in [-0.15, -0.1) is 0 Å².